The summed E-state index contributed by atoms with van der Waals surface area (Å²) in [4.78, 5) is 8.30. The minimum Gasteiger partial charge on any atom is -0.317 e. The molecule has 0 spiro atoms. The summed E-state index contributed by atoms with van der Waals surface area (Å²) in [7, 11) is 0. The van der Waals surface area contributed by atoms with Gasteiger partial charge in [0.1, 0.15) is 0 Å². The first-order chi connectivity index (χ1) is 18.9. The SMILES string of the molecule is c1cncc(CNCCCCCCNCCCCCCCCNCCCCCCNCc2cccnc2)c1. The van der Waals surface area contributed by atoms with Crippen LogP contribution in [0.5, 0.6) is 0 Å². The van der Waals surface area contributed by atoms with Crippen molar-refractivity contribution >= 4 is 0 Å². The van der Waals surface area contributed by atoms with E-state index < -0.39 is 0 Å². The lowest BCUT2D eigenvalue weighted by Crippen LogP contribution is -2.17. The van der Waals surface area contributed by atoms with E-state index in [-0.39, 0.29) is 0 Å². The molecule has 0 aliphatic carbocycles. The van der Waals surface area contributed by atoms with E-state index in [0.717, 1.165) is 26.2 Å². The van der Waals surface area contributed by atoms with Gasteiger partial charge in [-0.3, -0.25) is 9.97 Å². The Morgan fingerprint density at radius 1 is 0.395 bits per heavy atom. The molecule has 0 aliphatic heterocycles. The molecule has 0 aliphatic rings. The van der Waals surface area contributed by atoms with Gasteiger partial charge in [0.25, 0.3) is 0 Å². The Kier molecular flexibility index (Phi) is 21.6. The van der Waals surface area contributed by atoms with Crippen LogP contribution >= 0.6 is 0 Å². The van der Waals surface area contributed by atoms with Gasteiger partial charge in [-0.25, -0.2) is 0 Å². The van der Waals surface area contributed by atoms with E-state index in [2.05, 4.69) is 43.4 Å². The number of nitrogens with one attached hydrogen (secondary N) is 4. The molecule has 0 radical (unpaired) electrons. The lowest BCUT2D eigenvalue weighted by molar-refractivity contribution is 0.526. The Bertz CT molecular complexity index is 664. The van der Waals surface area contributed by atoms with Gasteiger partial charge in [-0.15, -0.1) is 0 Å². The summed E-state index contributed by atoms with van der Waals surface area (Å²) in [5.41, 5.74) is 2.53. The van der Waals surface area contributed by atoms with E-state index in [0.29, 0.717) is 0 Å². The van der Waals surface area contributed by atoms with Crippen molar-refractivity contribution in [2.24, 2.45) is 0 Å². The molecule has 6 nitrogen and oxygen atoms in total. The van der Waals surface area contributed by atoms with Crippen molar-refractivity contribution in [1.29, 1.82) is 0 Å². The summed E-state index contributed by atoms with van der Waals surface area (Å²) in [6.07, 6.45) is 26.2. The molecule has 0 atom stereocenters. The Hall–Kier alpha value is -1.86. The maximum atomic E-state index is 4.15. The molecular formula is C32H56N6. The van der Waals surface area contributed by atoms with Crippen LogP contribution in [-0.2, 0) is 13.1 Å². The zero-order valence-corrected chi connectivity index (χ0v) is 24.1. The number of unbranched alkanes of at least 4 members (excludes halogenated alkanes) is 11. The van der Waals surface area contributed by atoms with E-state index >= 15 is 0 Å². The highest BCUT2D eigenvalue weighted by molar-refractivity contribution is 5.08. The lowest BCUT2D eigenvalue weighted by atomic mass is 10.1. The van der Waals surface area contributed by atoms with Crippen molar-refractivity contribution in [2.75, 3.05) is 39.3 Å². The smallest absolute Gasteiger partial charge is 0.0312 e. The highest BCUT2D eigenvalue weighted by Gasteiger charge is 1.96. The number of pyridine rings is 2. The summed E-state index contributed by atoms with van der Waals surface area (Å²) in [5, 5.41) is 14.3. The van der Waals surface area contributed by atoms with Gasteiger partial charge in [0.2, 0.25) is 0 Å². The highest BCUT2D eigenvalue weighted by Crippen LogP contribution is 2.05. The molecule has 2 aromatic rings. The largest absolute Gasteiger partial charge is 0.317 e. The number of aromatic nitrogens is 2. The van der Waals surface area contributed by atoms with Crippen LogP contribution < -0.4 is 21.3 Å². The maximum Gasteiger partial charge on any atom is 0.0312 e. The van der Waals surface area contributed by atoms with Gasteiger partial charge in [-0.2, -0.15) is 0 Å². The fourth-order valence-corrected chi connectivity index (χ4v) is 4.64. The molecule has 0 bridgehead atoms. The fraction of sp³-hybridized carbons (Fsp3) is 0.688. The van der Waals surface area contributed by atoms with Crippen LogP contribution in [-0.4, -0.2) is 49.2 Å². The van der Waals surface area contributed by atoms with Crippen molar-refractivity contribution < 1.29 is 0 Å². The van der Waals surface area contributed by atoms with E-state index in [1.54, 1.807) is 0 Å². The molecule has 0 saturated heterocycles. The third kappa shape index (κ3) is 20.1. The van der Waals surface area contributed by atoms with Gasteiger partial charge in [0.05, 0.1) is 0 Å². The van der Waals surface area contributed by atoms with Crippen molar-refractivity contribution in [1.82, 2.24) is 31.2 Å². The molecule has 214 valence electrons. The minimum absolute atomic E-state index is 0.931. The molecule has 6 heteroatoms. The molecular weight excluding hydrogens is 468 g/mol. The number of rotatable bonds is 27. The minimum atomic E-state index is 0.931. The highest BCUT2D eigenvalue weighted by atomic mass is 14.9. The van der Waals surface area contributed by atoms with Crippen molar-refractivity contribution in [2.45, 2.75) is 103 Å². The van der Waals surface area contributed by atoms with Crippen LogP contribution in [0, 0.1) is 0 Å². The zero-order valence-electron chi connectivity index (χ0n) is 24.1. The first-order valence-electron chi connectivity index (χ1n) is 15.6. The Morgan fingerprint density at radius 3 is 1.03 bits per heavy atom. The molecule has 0 amide bonds. The maximum absolute atomic E-state index is 4.15. The molecule has 0 fully saturated rings. The fourth-order valence-electron chi connectivity index (χ4n) is 4.64. The number of nitrogens with zero attached hydrogens (tertiary/aromatic N) is 2. The third-order valence-electron chi connectivity index (χ3n) is 6.98. The van der Waals surface area contributed by atoms with Gasteiger partial charge in [-0.05, 0) is 101 Å². The summed E-state index contributed by atoms with van der Waals surface area (Å²) < 4.78 is 0. The van der Waals surface area contributed by atoms with Gasteiger partial charge >= 0.3 is 0 Å². The summed E-state index contributed by atoms with van der Waals surface area (Å²) in [5.74, 6) is 0. The topological polar surface area (TPSA) is 73.9 Å². The first-order valence-corrected chi connectivity index (χ1v) is 15.6. The zero-order chi connectivity index (χ0) is 26.6. The van der Waals surface area contributed by atoms with Crippen LogP contribution in [0.25, 0.3) is 0 Å². The van der Waals surface area contributed by atoms with E-state index in [1.807, 2.05) is 36.9 Å². The monoisotopic (exact) mass is 524 g/mol. The predicted octanol–water partition coefficient (Wildman–Crippen LogP) is 6.00. The average Bonchev–Trinajstić information content (AvgIpc) is 2.96. The van der Waals surface area contributed by atoms with Crippen LogP contribution in [0.4, 0.5) is 0 Å². The Labute approximate surface area is 233 Å². The van der Waals surface area contributed by atoms with Crippen LogP contribution in [0.15, 0.2) is 49.1 Å². The summed E-state index contributed by atoms with van der Waals surface area (Å²) in [6, 6.07) is 8.25. The van der Waals surface area contributed by atoms with E-state index in [4.69, 9.17) is 0 Å². The third-order valence-corrected chi connectivity index (χ3v) is 6.98. The molecule has 0 aromatic carbocycles. The quantitative estimate of drug-likeness (QED) is 0.108. The molecule has 2 aromatic heterocycles. The second-order valence-electron chi connectivity index (χ2n) is 10.5. The number of hydrogen-bond donors (Lipinski definition) is 4. The van der Waals surface area contributed by atoms with Crippen molar-refractivity contribution in [3.8, 4) is 0 Å². The van der Waals surface area contributed by atoms with Crippen molar-refractivity contribution in [3.05, 3.63) is 60.2 Å². The Balaban J connectivity index is 1.16. The average molecular weight is 525 g/mol. The van der Waals surface area contributed by atoms with Crippen LogP contribution in [0.2, 0.25) is 0 Å². The van der Waals surface area contributed by atoms with E-state index in [1.165, 1.54) is 127 Å². The first kappa shape index (κ1) is 32.4. The van der Waals surface area contributed by atoms with Crippen LogP contribution in [0.1, 0.15) is 101 Å². The normalized spacial score (nSPS) is 11.3. The van der Waals surface area contributed by atoms with Crippen LogP contribution in [0.3, 0.4) is 0 Å². The van der Waals surface area contributed by atoms with Gasteiger partial charge in [-0.1, -0.05) is 63.5 Å². The van der Waals surface area contributed by atoms with Gasteiger partial charge < -0.3 is 21.3 Å². The Morgan fingerprint density at radius 2 is 0.711 bits per heavy atom. The standard InChI is InChI=1S/C32H56N6/c1(3-9-19-33-21-11-5-7-13-23-35-27-31-17-15-25-37-29-31)2-4-10-20-34-22-12-6-8-14-24-36-28-32-18-16-26-38-30-32/h15-18,25-26,29-30,33-36H,1-14,19-24,27-28H2. The molecule has 2 heterocycles. The summed E-state index contributed by atoms with van der Waals surface area (Å²) >= 11 is 0. The second-order valence-corrected chi connectivity index (χ2v) is 10.5. The summed E-state index contributed by atoms with van der Waals surface area (Å²) in [6.45, 7) is 8.80. The molecule has 38 heavy (non-hydrogen) atoms. The van der Waals surface area contributed by atoms with Gasteiger partial charge in [0, 0.05) is 37.9 Å². The lowest BCUT2D eigenvalue weighted by Gasteiger charge is -2.07. The molecule has 2 rings (SSSR count). The van der Waals surface area contributed by atoms with E-state index in [9.17, 15) is 0 Å². The molecule has 4 N–H and O–H groups in total. The van der Waals surface area contributed by atoms with Gasteiger partial charge in [0.15, 0.2) is 0 Å². The molecule has 0 saturated carbocycles. The predicted molar refractivity (Wildman–Crippen MR) is 162 cm³/mol. The van der Waals surface area contributed by atoms with Crippen molar-refractivity contribution in [3.63, 3.8) is 0 Å². The second kappa shape index (κ2) is 25.4. The molecule has 0 unspecified atom stereocenters. The number of hydrogen-bond acceptors (Lipinski definition) is 6.